The van der Waals surface area contributed by atoms with Crippen molar-refractivity contribution in [2.45, 2.75) is 0 Å². The molecule has 0 aromatic heterocycles. The molecule has 0 fully saturated rings. The summed E-state index contributed by atoms with van der Waals surface area (Å²) in [6.07, 6.45) is 8.85. The van der Waals surface area contributed by atoms with E-state index in [1.54, 1.807) is 18.3 Å². The highest BCUT2D eigenvalue weighted by atomic mass is 14.7. The molecule has 0 bridgehead atoms. The quantitative estimate of drug-likeness (QED) is 0.458. The van der Waals surface area contributed by atoms with Crippen molar-refractivity contribution >= 4 is 5.71 Å². The van der Waals surface area contributed by atoms with Crippen LogP contribution in [0.4, 0.5) is 0 Å². The molecule has 0 unspecified atom stereocenters. The van der Waals surface area contributed by atoms with E-state index in [1.165, 1.54) is 0 Å². The summed E-state index contributed by atoms with van der Waals surface area (Å²) in [5, 5.41) is 8.16. The molecule has 0 N–H and O–H groups in total. The lowest BCUT2D eigenvalue weighted by molar-refractivity contribution is 1.44. The summed E-state index contributed by atoms with van der Waals surface area (Å²) in [5.74, 6) is 0. The molecule has 0 aromatic carbocycles. The molecule has 0 radical (unpaired) electrons. The number of aliphatic imine (C=N–C) groups is 1. The highest BCUT2D eigenvalue weighted by Crippen LogP contribution is 2.02. The maximum Gasteiger partial charge on any atom is 0.206 e. The minimum absolute atomic E-state index is 0.676. The predicted octanol–water partition coefficient (Wildman–Crippen LogP) is 1.59. The van der Waals surface area contributed by atoms with Crippen LogP contribution >= 0.6 is 0 Å². The Bertz CT molecular complexity index is 256. The zero-order valence-electron chi connectivity index (χ0n) is 5.41. The third-order valence-electron chi connectivity index (χ3n) is 1.12. The normalized spacial score (nSPS) is 15.1. The molecule has 0 spiro atoms. The van der Waals surface area contributed by atoms with E-state index in [0.29, 0.717) is 5.71 Å². The van der Waals surface area contributed by atoms with Gasteiger partial charge in [-0.2, -0.15) is 10.3 Å². The van der Waals surface area contributed by atoms with Crippen molar-refractivity contribution in [2.75, 3.05) is 0 Å². The molecule has 0 aromatic rings. The Morgan fingerprint density at radius 2 is 1.90 bits per heavy atom. The van der Waals surface area contributed by atoms with Crippen LogP contribution in [0.3, 0.4) is 0 Å². The van der Waals surface area contributed by atoms with Gasteiger partial charge in [-0.25, -0.2) is 0 Å². The fraction of sp³-hybridized carbons (Fsp3) is 0. The Kier molecular flexibility index (Phi) is 1.81. The zero-order valence-corrected chi connectivity index (χ0v) is 5.41. The summed E-state index contributed by atoms with van der Waals surface area (Å²) in [5.41, 5.74) is 1.60. The van der Waals surface area contributed by atoms with Crippen LogP contribution < -0.4 is 0 Å². The van der Waals surface area contributed by atoms with Gasteiger partial charge < -0.3 is 0 Å². The second kappa shape index (κ2) is 2.79. The van der Waals surface area contributed by atoms with Gasteiger partial charge in [-0.3, -0.25) is 0 Å². The molecule has 0 atom stereocenters. The topological polar surface area (TPSA) is 36.1 Å². The van der Waals surface area contributed by atoms with E-state index >= 15 is 0 Å². The average molecular weight is 130 g/mol. The molecule has 0 saturated heterocycles. The first kappa shape index (κ1) is 6.50. The number of hydrogen-bond donors (Lipinski definition) is 0. The lowest BCUT2D eigenvalue weighted by Gasteiger charge is -1.96. The summed E-state index contributed by atoms with van der Waals surface area (Å²) in [6, 6.07) is 0. The van der Waals surface area contributed by atoms with Crippen molar-refractivity contribution in [3.8, 4) is 6.19 Å². The summed E-state index contributed by atoms with van der Waals surface area (Å²) < 4.78 is 0. The minimum Gasteiger partial charge on any atom is -0.174 e. The Morgan fingerprint density at radius 3 is 2.40 bits per heavy atom. The Morgan fingerprint density at radius 1 is 1.30 bits per heavy atom. The van der Waals surface area contributed by atoms with Crippen LogP contribution in [0.15, 0.2) is 41.4 Å². The van der Waals surface area contributed by atoms with Crippen LogP contribution in [0.5, 0.6) is 0 Å². The third kappa shape index (κ3) is 1.43. The summed E-state index contributed by atoms with van der Waals surface area (Å²) in [6.45, 7) is 3.70. The van der Waals surface area contributed by atoms with E-state index in [-0.39, 0.29) is 0 Å². The molecule has 1 aliphatic carbocycles. The standard InChI is InChI=1S/C8H6N2/c1-7-2-4-8(5-3-7)10-6-9/h2-5H,1H2. The van der Waals surface area contributed by atoms with Crippen molar-refractivity contribution in [2.24, 2.45) is 4.99 Å². The number of nitriles is 1. The van der Waals surface area contributed by atoms with Crippen molar-refractivity contribution < 1.29 is 0 Å². The molecular formula is C8H6N2. The van der Waals surface area contributed by atoms with Crippen LogP contribution in [-0.2, 0) is 0 Å². The predicted molar refractivity (Wildman–Crippen MR) is 40.5 cm³/mol. The fourth-order valence-corrected chi connectivity index (χ4v) is 0.628. The SMILES string of the molecule is C=C1C=CC(=NC#N)C=C1. The van der Waals surface area contributed by atoms with Gasteiger partial charge in [-0.05, 0) is 17.7 Å². The van der Waals surface area contributed by atoms with Gasteiger partial charge in [-0.15, -0.1) is 0 Å². The lowest BCUT2D eigenvalue weighted by Crippen LogP contribution is -1.91. The summed E-state index contributed by atoms with van der Waals surface area (Å²) in [4.78, 5) is 3.53. The smallest absolute Gasteiger partial charge is 0.174 e. The minimum atomic E-state index is 0.676. The van der Waals surface area contributed by atoms with E-state index in [9.17, 15) is 0 Å². The van der Waals surface area contributed by atoms with E-state index < -0.39 is 0 Å². The fourth-order valence-electron chi connectivity index (χ4n) is 0.628. The van der Waals surface area contributed by atoms with Gasteiger partial charge in [0.2, 0.25) is 6.19 Å². The molecule has 48 valence electrons. The first-order valence-electron chi connectivity index (χ1n) is 2.85. The van der Waals surface area contributed by atoms with Gasteiger partial charge in [0.1, 0.15) is 0 Å². The Hall–Kier alpha value is -1.62. The van der Waals surface area contributed by atoms with Crippen LogP contribution in [0.1, 0.15) is 0 Å². The Labute approximate surface area is 59.5 Å². The number of nitrogens with zero attached hydrogens (tertiary/aromatic N) is 2. The van der Waals surface area contributed by atoms with Crippen LogP contribution in [0, 0.1) is 11.5 Å². The summed E-state index contributed by atoms with van der Waals surface area (Å²) in [7, 11) is 0. The number of allylic oxidation sites excluding steroid dienone is 5. The molecule has 2 heteroatoms. The second-order valence-corrected chi connectivity index (χ2v) is 1.88. The molecule has 2 nitrogen and oxygen atoms in total. The van der Waals surface area contributed by atoms with Crippen LogP contribution in [0.25, 0.3) is 0 Å². The molecule has 1 rings (SSSR count). The van der Waals surface area contributed by atoms with Gasteiger partial charge in [0.25, 0.3) is 0 Å². The highest BCUT2D eigenvalue weighted by molar-refractivity contribution is 6.06. The van der Waals surface area contributed by atoms with Crippen molar-refractivity contribution in [1.29, 1.82) is 5.26 Å². The van der Waals surface area contributed by atoms with E-state index in [4.69, 9.17) is 5.26 Å². The first-order chi connectivity index (χ1) is 4.83. The monoisotopic (exact) mass is 130 g/mol. The molecule has 0 heterocycles. The van der Waals surface area contributed by atoms with Crippen molar-refractivity contribution in [3.05, 3.63) is 36.5 Å². The van der Waals surface area contributed by atoms with Crippen LogP contribution in [-0.4, -0.2) is 5.71 Å². The van der Waals surface area contributed by atoms with Crippen molar-refractivity contribution in [1.82, 2.24) is 0 Å². The molecule has 0 saturated carbocycles. The number of hydrogen-bond acceptors (Lipinski definition) is 2. The molecule has 1 aliphatic rings. The molecular weight excluding hydrogens is 124 g/mol. The van der Waals surface area contributed by atoms with E-state index in [2.05, 4.69) is 11.6 Å². The molecule has 10 heavy (non-hydrogen) atoms. The first-order valence-corrected chi connectivity index (χ1v) is 2.85. The number of rotatable bonds is 0. The van der Waals surface area contributed by atoms with Gasteiger partial charge in [0, 0.05) is 0 Å². The van der Waals surface area contributed by atoms with Crippen LogP contribution in [0.2, 0.25) is 0 Å². The zero-order chi connectivity index (χ0) is 7.40. The van der Waals surface area contributed by atoms with Gasteiger partial charge in [0.15, 0.2) is 0 Å². The average Bonchev–Trinajstić information content (AvgIpc) is 1.95. The molecule has 0 amide bonds. The maximum absolute atomic E-state index is 8.16. The maximum atomic E-state index is 8.16. The lowest BCUT2D eigenvalue weighted by atomic mass is 10.1. The Balaban J connectivity index is 2.83. The largest absolute Gasteiger partial charge is 0.206 e. The van der Waals surface area contributed by atoms with Gasteiger partial charge in [-0.1, -0.05) is 18.7 Å². The van der Waals surface area contributed by atoms with E-state index in [0.717, 1.165) is 5.57 Å². The van der Waals surface area contributed by atoms with Gasteiger partial charge in [0.05, 0.1) is 5.71 Å². The summed E-state index contributed by atoms with van der Waals surface area (Å²) >= 11 is 0. The molecule has 0 aliphatic heterocycles. The van der Waals surface area contributed by atoms with E-state index in [1.807, 2.05) is 12.2 Å². The second-order valence-electron chi connectivity index (χ2n) is 1.88. The van der Waals surface area contributed by atoms with Crippen molar-refractivity contribution in [3.63, 3.8) is 0 Å². The third-order valence-corrected chi connectivity index (χ3v) is 1.12. The van der Waals surface area contributed by atoms with Gasteiger partial charge >= 0.3 is 0 Å². The highest BCUT2D eigenvalue weighted by Gasteiger charge is 1.93.